The smallest absolute Gasteiger partial charge is 0.174 e. The zero-order chi connectivity index (χ0) is 34.2. The minimum Gasteiger partial charge on any atom is -0.389 e. The van der Waals surface area contributed by atoms with Gasteiger partial charge in [0.2, 0.25) is 0 Å². The van der Waals surface area contributed by atoms with E-state index in [-0.39, 0.29) is 11.5 Å². The van der Waals surface area contributed by atoms with Crippen LogP contribution in [0.25, 0.3) is 0 Å². The van der Waals surface area contributed by atoms with Gasteiger partial charge in [-0.05, 0) is 27.7 Å². The number of aliphatic hydroxyl groups excluding tert-OH is 8. The zero-order valence-electron chi connectivity index (χ0n) is 26.5. The highest BCUT2D eigenvalue weighted by Crippen LogP contribution is 2.34. The standard InChI is InChI=1S/C27H48N6O12S2/c1-11-17(36)19(38)21(40)25(42-11)32-5-13(28-30-32)7-46-9-15(34)23-24(45-27(3,4)44-23)16(35)10-47-8-14-6-33(31-29-14)26-22(41)20(39)18(37)12(2)43-26/h5-6,11-12,15-26,28-31,34-41H,7-10H2,1-4H3/t11-,12-,15?,16?,17+,18+,19+,20+,21-,22-,23?,24?,25+,26+/m0/s1. The van der Waals surface area contributed by atoms with Crippen molar-refractivity contribution >= 4 is 23.5 Å². The fourth-order valence-electron chi connectivity index (χ4n) is 5.86. The normalized spacial score (nSPS) is 41.7. The van der Waals surface area contributed by atoms with Gasteiger partial charge in [-0.2, -0.15) is 23.5 Å². The lowest BCUT2D eigenvalue weighted by atomic mass is 9.99. The highest BCUT2D eigenvalue weighted by atomic mass is 32.2. The average molecular weight is 713 g/mol. The van der Waals surface area contributed by atoms with Crippen molar-refractivity contribution in [1.82, 2.24) is 31.9 Å². The van der Waals surface area contributed by atoms with Gasteiger partial charge in [0.05, 0.1) is 35.8 Å². The van der Waals surface area contributed by atoms with Gasteiger partial charge >= 0.3 is 0 Å². The Bertz CT molecular complexity index is 1050. The van der Waals surface area contributed by atoms with E-state index in [1.54, 1.807) is 40.1 Å². The molecular weight excluding hydrogens is 664 g/mol. The van der Waals surface area contributed by atoms with Crippen molar-refractivity contribution in [2.24, 2.45) is 0 Å². The molecule has 4 unspecified atom stereocenters. The Labute approximate surface area is 280 Å². The van der Waals surface area contributed by atoms with E-state index in [0.29, 0.717) is 11.5 Å². The average Bonchev–Trinajstić information content (AvgIpc) is 3.77. The lowest BCUT2D eigenvalue weighted by molar-refractivity contribution is -0.254. The van der Waals surface area contributed by atoms with Crippen LogP contribution in [0.4, 0.5) is 0 Å². The number of rotatable bonds is 12. The Morgan fingerprint density at radius 3 is 1.45 bits per heavy atom. The molecule has 47 heavy (non-hydrogen) atoms. The topological polar surface area (TPSA) is 253 Å². The van der Waals surface area contributed by atoms with E-state index in [1.165, 1.54) is 33.5 Å². The molecule has 3 fully saturated rings. The van der Waals surface area contributed by atoms with Crippen molar-refractivity contribution < 1.29 is 59.8 Å². The highest BCUT2D eigenvalue weighted by molar-refractivity contribution is 7.99. The zero-order valence-corrected chi connectivity index (χ0v) is 28.1. The summed E-state index contributed by atoms with van der Waals surface area (Å²) in [6, 6.07) is 0. The van der Waals surface area contributed by atoms with E-state index in [4.69, 9.17) is 18.9 Å². The molecule has 0 aromatic heterocycles. The van der Waals surface area contributed by atoms with Crippen LogP contribution in [0.3, 0.4) is 0 Å². The Hall–Kier alpha value is -1.18. The Morgan fingerprint density at radius 1 is 0.681 bits per heavy atom. The Morgan fingerprint density at radius 2 is 1.06 bits per heavy atom. The van der Waals surface area contributed by atoms with Crippen LogP contribution in [0.15, 0.2) is 23.8 Å². The predicted octanol–water partition coefficient (Wildman–Crippen LogP) is -4.32. The van der Waals surface area contributed by atoms with Crippen molar-refractivity contribution in [3.63, 3.8) is 0 Å². The molecule has 5 rings (SSSR count). The summed E-state index contributed by atoms with van der Waals surface area (Å²) in [5, 5.41) is 85.9. The molecule has 270 valence electrons. The number of thioether (sulfide) groups is 2. The number of nitrogens with zero attached hydrogens (tertiary/aromatic N) is 2. The monoisotopic (exact) mass is 712 g/mol. The molecule has 0 aliphatic carbocycles. The first-order valence-electron chi connectivity index (χ1n) is 15.4. The number of nitrogens with one attached hydrogen (secondary N) is 4. The molecule has 3 saturated heterocycles. The van der Waals surface area contributed by atoms with Gasteiger partial charge in [-0.1, -0.05) is 0 Å². The maximum Gasteiger partial charge on any atom is 0.174 e. The van der Waals surface area contributed by atoms with Crippen LogP contribution in [-0.4, -0.2) is 165 Å². The molecule has 5 aliphatic heterocycles. The molecule has 18 nitrogen and oxygen atoms in total. The van der Waals surface area contributed by atoms with Gasteiger partial charge in [-0.15, -0.1) is 11.1 Å². The first-order chi connectivity index (χ1) is 22.2. The fourth-order valence-corrected chi connectivity index (χ4v) is 7.69. The summed E-state index contributed by atoms with van der Waals surface area (Å²) < 4.78 is 23.3. The lowest BCUT2D eigenvalue weighted by Crippen LogP contribution is -2.63. The SMILES string of the molecule is C[C@@H]1O[C@@H](N2C=C(CSCC(O)C3OC(C)(C)OC3C(O)CSCC3=CN([C@@H]4O[C@@H](C)[C@@H](O)[C@@H](O)[C@@H]4O)NN3)NN2)[C@@H](O)[C@H](O)[C@@H]1O. The molecule has 12 N–H and O–H groups in total. The van der Waals surface area contributed by atoms with Gasteiger partial charge in [-0.3, -0.25) is 10.0 Å². The third-order valence-corrected chi connectivity index (χ3v) is 10.7. The summed E-state index contributed by atoms with van der Waals surface area (Å²) in [6.07, 6.45) is -11.2. The number of hydrazine groups is 4. The third kappa shape index (κ3) is 8.42. The van der Waals surface area contributed by atoms with Crippen LogP contribution in [0.5, 0.6) is 0 Å². The number of aliphatic hydroxyl groups is 8. The molecule has 0 saturated carbocycles. The summed E-state index contributed by atoms with van der Waals surface area (Å²) in [6.45, 7) is 6.65. The first kappa shape index (κ1) is 37.1. The van der Waals surface area contributed by atoms with Crippen molar-refractivity contribution in [2.45, 2.75) is 119 Å². The molecule has 5 aliphatic rings. The summed E-state index contributed by atoms with van der Waals surface area (Å²) in [7, 11) is 0. The van der Waals surface area contributed by atoms with Crippen molar-refractivity contribution in [3.05, 3.63) is 23.8 Å². The lowest BCUT2D eigenvalue weighted by Gasteiger charge is -2.42. The Kier molecular flexibility index (Phi) is 12.1. The molecule has 0 bridgehead atoms. The number of ether oxygens (including phenoxy) is 4. The van der Waals surface area contributed by atoms with Gasteiger partial charge in [-0.25, -0.2) is 0 Å². The summed E-state index contributed by atoms with van der Waals surface area (Å²) in [5.41, 5.74) is 13.1. The van der Waals surface area contributed by atoms with E-state index in [0.717, 1.165) is 11.4 Å². The molecule has 0 radical (unpaired) electrons. The van der Waals surface area contributed by atoms with Crippen LogP contribution in [-0.2, 0) is 18.9 Å². The molecule has 5 heterocycles. The Balaban J connectivity index is 1.07. The van der Waals surface area contributed by atoms with Crippen LogP contribution in [0.1, 0.15) is 27.7 Å². The second kappa shape index (κ2) is 15.4. The molecule has 0 aromatic carbocycles. The van der Waals surface area contributed by atoms with E-state index >= 15 is 0 Å². The molecule has 0 aromatic rings. The predicted molar refractivity (Wildman–Crippen MR) is 168 cm³/mol. The molecular formula is C27H48N6O12S2. The largest absolute Gasteiger partial charge is 0.389 e. The van der Waals surface area contributed by atoms with Crippen LogP contribution >= 0.6 is 23.5 Å². The number of hydrogen-bond acceptors (Lipinski definition) is 20. The van der Waals surface area contributed by atoms with Crippen molar-refractivity contribution in [3.8, 4) is 0 Å². The minimum atomic E-state index is -1.36. The van der Waals surface area contributed by atoms with Crippen molar-refractivity contribution in [2.75, 3.05) is 23.0 Å². The second-order valence-electron chi connectivity index (χ2n) is 12.7. The maximum atomic E-state index is 11.1. The fraction of sp³-hybridized carbons (Fsp3) is 0.852. The third-order valence-electron chi connectivity index (χ3n) is 8.50. The molecule has 14 atom stereocenters. The minimum absolute atomic E-state index is 0.266. The van der Waals surface area contributed by atoms with E-state index in [1.807, 2.05) is 0 Å². The van der Waals surface area contributed by atoms with Gasteiger partial charge in [0, 0.05) is 35.4 Å². The van der Waals surface area contributed by atoms with E-state index in [9.17, 15) is 40.9 Å². The maximum absolute atomic E-state index is 11.1. The van der Waals surface area contributed by atoms with E-state index < -0.39 is 91.5 Å². The van der Waals surface area contributed by atoms with Crippen LogP contribution in [0, 0.1) is 0 Å². The van der Waals surface area contributed by atoms with Gasteiger partial charge in [0.25, 0.3) is 0 Å². The van der Waals surface area contributed by atoms with Crippen LogP contribution < -0.4 is 21.9 Å². The highest BCUT2D eigenvalue weighted by Gasteiger charge is 2.49. The van der Waals surface area contributed by atoms with Gasteiger partial charge in [0.1, 0.15) is 48.8 Å². The first-order valence-corrected chi connectivity index (χ1v) is 17.8. The summed E-state index contributed by atoms with van der Waals surface area (Å²) >= 11 is 2.82. The quantitative estimate of drug-likeness (QED) is 0.0914. The second-order valence-corrected chi connectivity index (χ2v) is 14.8. The summed E-state index contributed by atoms with van der Waals surface area (Å²) in [4.78, 5) is 0. The van der Waals surface area contributed by atoms with Crippen LogP contribution in [0.2, 0.25) is 0 Å². The van der Waals surface area contributed by atoms with Crippen molar-refractivity contribution in [1.29, 1.82) is 0 Å². The number of hydrogen-bond donors (Lipinski definition) is 12. The van der Waals surface area contributed by atoms with Gasteiger partial charge in [0.15, 0.2) is 18.2 Å². The summed E-state index contributed by atoms with van der Waals surface area (Å²) in [5.74, 6) is 0.402. The molecule has 0 spiro atoms. The molecule has 20 heteroatoms. The molecule has 0 amide bonds. The van der Waals surface area contributed by atoms with E-state index in [2.05, 4.69) is 21.9 Å². The van der Waals surface area contributed by atoms with Gasteiger partial charge < -0.3 is 70.7 Å².